The number of methoxy groups -OCH3 is 1. The highest BCUT2D eigenvalue weighted by atomic mass is 16.5. The third-order valence-corrected chi connectivity index (χ3v) is 2.92. The maximum Gasteiger partial charge on any atom is 0.153 e. The molecule has 4 nitrogen and oxygen atoms in total. The molecule has 0 unspecified atom stereocenters. The smallest absolute Gasteiger partial charge is 0.153 e. The summed E-state index contributed by atoms with van der Waals surface area (Å²) in [7, 11) is 1.63. The minimum absolute atomic E-state index is 0.159. The molecule has 19 heavy (non-hydrogen) atoms. The second-order valence-electron chi connectivity index (χ2n) is 5.44. The first-order chi connectivity index (χ1) is 8.95. The summed E-state index contributed by atoms with van der Waals surface area (Å²) in [5, 5.41) is 4.52. The van der Waals surface area contributed by atoms with Crippen molar-refractivity contribution >= 4 is 6.29 Å². The third-order valence-electron chi connectivity index (χ3n) is 2.92. The molecule has 1 aromatic carbocycles. The van der Waals surface area contributed by atoms with Gasteiger partial charge in [0.1, 0.15) is 5.75 Å². The lowest BCUT2D eigenvalue weighted by Gasteiger charge is -2.15. The summed E-state index contributed by atoms with van der Waals surface area (Å²) >= 11 is 0. The molecule has 0 saturated carbocycles. The second kappa shape index (κ2) is 4.88. The number of aldehydes is 1. The minimum atomic E-state index is -0.159. The largest absolute Gasteiger partial charge is 0.497 e. The molecule has 0 saturated heterocycles. The number of carbonyl (C=O) groups is 1. The highest BCUT2D eigenvalue weighted by Gasteiger charge is 2.22. The first kappa shape index (κ1) is 13.3. The van der Waals surface area contributed by atoms with E-state index in [1.807, 2.05) is 45.0 Å². The van der Waals surface area contributed by atoms with Crippen LogP contribution >= 0.6 is 0 Å². The molecular weight excluding hydrogens is 240 g/mol. The van der Waals surface area contributed by atoms with E-state index < -0.39 is 0 Å². The van der Waals surface area contributed by atoms with E-state index in [-0.39, 0.29) is 5.41 Å². The summed E-state index contributed by atoms with van der Waals surface area (Å²) in [4.78, 5) is 11.1. The molecule has 100 valence electrons. The molecule has 0 aliphatic heterocycles. The van der Waals surface area contributed by atoms with E-state index in [1.165, 1.54) is 0 Å². The van der Waals surface area contributed by atoms with Crippen LogP contribution in [0.25, 0.3) is 5.69 Å². The van der Waals surface area contributed by atoms with Crippen LogP contribution in [0.1, 0.15) is 36.8 Å². The Morgan fingerprint density at radius 3 is 2.26 bits per heavy atom. The SMILES string of the molecule is COc1ccc(-n2cc(C=O)c(C(C)(C)C)n2)cc1. The van der Waals surface area contributed by atoms with Crippen molar-refractivity contribution in [3.8, 4) is 11.4 Å². The summed E-state index contributed by atoms with van der Waals surface area (Å²) in [5.41, 5.74) is 2.18. The normalized spacial score (nSPS) is 11.4. The van der Waals surface area contributed by atoms with Crippen molar-refractivity contribution in [1.29, 1.82) is 0 Å². The van der Waals surface area contributed by atoms with E-state index in [9.17, 15) is 4.79 Å². The van der Waals surface area contributed by atoms with Gasteiger partial charge in [0, 0.05) is 11.6 Å². The Kier molecular flexibility index (Phi) is 3.42. The molecule has 1 aromatic heterocycles. The second-order valence-corrected chi connectivity index (χ2v) is 5.44. The zero-order valence-electron chi connectivity index (χ0n) is 11.7. The molecule has 0 aliphatic carbocycles. The van der Waals surface area contributed by atoms with Crippen LogP contribution in [0.15, 0.2) is 30.5 Å². The first-order valence-electron chi connectivity index (χ1n) is 6.15. The van der Waals surface area contributed by atoms with Crippen molar-refractivity contribution in [3.63, 3.8) is 0 Å². The van der Waals surface area contributed by atoms with Gasteiger partial charge in [0.2, 0.25) is 0 Å². The van der Waals surface area contributed by atoms with Crippen LogP contribution in [0.2, 0.25) is 0 Å². The fourth-order valence-electron chi connectivity index (χ4n) is 1.92. The topological polar surface area (TPSA) is 44.1 Å². The maximum absolute atomic E-state index is 11.1. The van der Waals surface area contributed by atoms with Crippen molar-refractivity contribution in [2.24, 2.45) is 0 Å². The predicted octanol–water partition coefficient (Wildman–Crippen LogP) is 2.99. The van der Waals surface area contributed by atoms with Crippen molar-refractivity contribution in [2.45, 2.75) is 26.2 Å². The molecule has 0 bridgehead atoms. The Morgan fingerprint density at radius 1 is 1.21 bits per heavy atom. The molecule has 0 radical (unpaired) electrons. The van der Waals surface area contributed by atoms with Crippen LogP contribution in [0.3, 0.4) is 0 Å². The van der Waals surface area contributed by atoms with Gasteiger partial charge >= 0.3 is 0 Å². The van der Waals surface area contributed by atoms with Gasteiger partial charge in [0.15, 0.2) is 6.29 Å². The van der Waals surface area contributed by atoms with Crippen LogP contribution in [-0.2, 0) is 5.41 Å². The van der Waals surface area contributed by atoms with Crippen LogP contribution < -0.4 is 4.74 Å². The van der Waals surface area contributed by atoms with Gasteiger partial charge in [-0.2, -0.15) is 5.10 Å². The predicted molar refractivity (Wildman–Crippen MR) is 74.2 cm³/mol. The molecule has 0 spiro atoms. The van der Waals surface area contributed by atoms with E-state index in [2.05, 4.69) is 5.10 Å². The maximum atomic E-state index is 11.1. The molecule has 0 amide bonds. The zero-order chi connectivity index (χ0) is 14.0. The molecular formula is C15H18N2O2. The Hall–Kier alpha value is -2.10. The van der Waals surface area contributed by atoms with Crippen LogP contribution in [0.5, 0.6) is 5.75 Å². The number of benzene rings is 1. The summed E-state index contributed by atoms with van der Waals surface area (Å²) in [6.45, 7) is 6.13. The quantitative estimate of drug-likeness (QED) is 0.795. The molecule has 1 heterocycles. The number of hydrogen-bond donors (Lipinski definition) is 0. The van der Waals surface area contributed by atoms with Crippen molar-refractivity contribution in [2.75, 3.05) is 7.11 Å². The fourth-order valence-corrected chi connectivity index (χ4v) is 1.92. The van der Waals surface area contributed by atoms with Crippen LogP contribution in [-0.4, -0.2) is 23.2 Å². The van der Waals surface area contributed by atoms with Gasteiger partial charge in [0.25, 0.3) is 0 Å². The molecule has 0 N–H and O–H groups in total. The third kappa shape index (κ3) is 2.67. The Bertz CT molecular complexity index is 577. The molecule has 4 heteroatoms. The average Bonchev–Trinajstić information content (AvgIpc) is 2.83. The number of rotatable bonds is 3. The molecule has 2 aromatic rings. The lowest BCUT2D eigenvalue weighted by molar-refractivity contribution is 0.112. The fraction of sp³-hybridized carbons (Fsp3) is 0.333. The number of aromatic nitrogens is 2. The summed E-state index contributed by atoms with van der Waals surface area (Å²) in [6, 6.07) is 7.56. The van der Waals surface area contributed by atoms with Gasteiger partial charge in [0.05, 0.1) is 24.1 Å². The highest BCUT2D eigenvalue weighted by Crippen LogP contribution is 2.25. The van der Waals surface area contributed by atoms with Gasteiger partial charge in [-0.3, -0.25) is 4.79 Å². The molecule has 2 rings (SSSR count). The Balaban J connectivity index is 2.45. The first-order valence-corrected chi connectivity index (χ1v) is 6.15. The lowest BCUT2D eigenvalue weighted by Crippen LogP contribution is -2.14. The van der Waals surface area contributed by atoms with E-state index in [1.54, 1.807) is 18.0 Å². The van der Waals surface area contributed by atoms with Crippen molar-refractivity contribution in [3.05, 3.63) is 41.7 Å². The molecule has 0 aliphatic rings. The number of ether oxygens (including phenoxy) is 1. The number of nitrogens with zero attached hydrogens (tertiary/aromatic N) is 2. The Labute approximate surface area is 113 Å². The van der Waals surface area contributed by atoms with Gasteiger partial charge in [-0.15, -0.1) is 0 Å². The standard InChI is InChI=1S/C15H18N2O2/c1-15(2,3)14-11(10-18)9-17(16-14)12-5-7-13(19-4)8-6-12/h5-10H,1-4H3. The number of carbonyl (C=O) groups excluding carboxylic acids is 1. The monoisotopic (exact) mass is 258 g/mol. The minimum Gasteiger partial charge on any atom is -0.497 e. The van der Waals surface area contributed by atoms with Crippen LogP contribution in [0, 0.1) is 0 Å². The van der Waals surface area contributed by atoms with Crippen molar-refractivity contribution < 1.29 is 9.53 Å². The van der Waals surface area contributed by atoms with Gasteiger partial charge in [-0.05, 0) is 24.3 Å². The van der Waals surface area contributed by atoms with E-state index in [0.29, 0.717) is 5.56 Å². The van der Waals surface area contributed by atoms with Gasteiger partial charge in [-0.25, -0.2) is 4.68 Å². The molecule has 0 fully saturated rings. The summed E-state index contributed by atoms with van der Waals surface area (Å²) < 4.78 is 6.85. The van der Waals surface area contributed by atoms with Crippen LogP contribution in [0.4, 0.5) is 0 Å². The molecule has 0 atom stereocenters. The highest BCUT2D eigenvalue weighted by molar-refractivity contribution is 5.77. The Morgan fingerprint density at radius 2 is 1.84 bits per heavy atom. The van der Waals surface area contributed by atoms with E-state index in [4.69, 9.17) is 4.74 Å². The summed E-state index contributed by atoms with van der Waals surface area (Å²) in [6.07, 6.45) is 2.61. The average molecular weight is 258 g/mol. The lowest BCUT2D eigenvalue weighted by atomic mass is 9.90. The summed E-state index contributed by atoms with van der Waals surface area (Å²) in [5.74, 6) is 0.794. The van der Waals surface area contributed by atoms with E-state index >= 15 is 0 Å². The zero-order valence-corrected chi connectivity index (χ0v) is 11.7. The van der Waals surface area contributed by atoms with E-state index in [0.717, 1.165) is 23.4 Å². The van der Waals surface area contributed by atoms with Crippen molar-refractivity contribution in [1.82, 2.24) is 9.78 Å². The number of hydrogen-bond acceptors (Lipinski definition) is 3. The van der Waals surface area contributed by atoms with Gasteiger partial charge < -0.3 is 4.74 Å². The van der Waals surface area contributed by atoms with Gasteiger partial charge in [-0.1, -0.05) is 20.8 Å².